The van der Waals surface area contributed by atoms with Crippen LogP contribution in [-0.2, 0) is 5.75 Å². The summed E-state index contributed by atoms with van der Waals surface area (Å²) >= 11 is 7.40. The second-order valence-corrected chi connectivity index (χ2v) is 6.36. The van der Waals surface area contributed by atoms with Crippen LogP contribution in [0.4, 0.5) is 10.1 Å². The van der Waals surface area contributed by atoms with Crippen molar-refractivity contribution in [1.82, 2.24) is 0 Å². The van der Waals surface area contributed by atoms with Gasteiger partial charge in [0.1, 0.15) is 0 Å². The predicted octanol–water partition coefficient (Wildman–Crippen LogP) is 5.14. The Morgan fingerprint density at radius 3 is 2.52 bits per heavy atom. The van der Waals surface area contributed by atoms with Gasteiger partial charge in [0.25, 0.3) is 0 Å². The van der Waals surface area contributed by atoms with E-state index in [-0.39, 0.29) is 11.9 Å². The Bertz CT molecular complexity index is 616. The molecule has 0 aliphatic carbocycles. The molecule has 0 amide bonds. The van der Waals surface area contributed by atoms with Gasteiger partial charge in [0.15, 0.2) is 11.6 Å². The minimum Gasteiger partial charge on any atom is -0.488 e. The number of nitrogen functional groups attached to an aromatic ring is 1. The molecule has 5 heteroatoms. The van der Waals surface area contributed by atoms with E-state index in [1.54, 1.807) is 17.8 Å². The van der Waals surface area contributed by atoms with E-state index in [1.807, 2.05) is 38.1 Å². The number of rotatable bonds is 5. The summed E-state index contributed by atoms with van der Waals surface area (Å²) in [6.07, 6.45) is -0.0859. The Morgan fingerprint density at radius 1 is 1.24 bits per heavy atom. The number of thioether (sulfide) groups is 1. The molecule has 21 heavy (non-hydrogen) atoms. The highest BCUT2D eigenvalue weighted by Gasteiger charge is 2.11. The summed E-state index contributed by atoms with van der Waals surface area (Å²) in [5.41, 5.74) is 7.42. The average molecular weight is 326 g/mol. The van der Waals surface area contributed by atoms with Crippen LogP contribution in [0.1, 0.15) is 19.4 Å². The Labute approximate surface area is 133 Å². The molecule has 0 aromatic heterocycles. The number of benzene rings is 2. The van der Waals surface area contributed by atoms with E-state index in [0.29, 0.717) is 10.7 Å². The molecule has 2 nitrogen and oxygen atoms in total. The van der Waals surface area contributed by atoms with Crippen molar-refractivity contribution in [1.29, 1.82) is 0 Å². The van der Waals surface area contributed by atoms with E-state index < -0.39 is 5.82 Å². The van der Waals surface area contributed by atoms with Gasteiger partial charge in [0.2, 0.25) is 0 Å². The zero-order chi connectivity index (χ0) is 15.4. The third-order valence-corrected chi connectivity index (χ3v) is 4.13. The monoisotopic (exact) mass is 325 g/mol. The Morgan fingerprint density at radius 2 is 1.90 bits per heavy atom. The van der Waals surface area contributed by atoms with Gasteiger partial charge in [-0.3, -0.25) is 0 Å². The van der Waals surface area contributed by atoms with Crippen LogP contribution in [0.2, 0.25) is 5.02 Å². The smallest absolute Gasteiger partial charge is 0.167 e. The highest BCUT2D eigenvalue weighted by atomic mass is 35.5. The molecule has 0 aliphatic rings. The van der Waals surface area contributed by atoms with Crippen molar-refractivity contribution in [3.63, 3.8) is 0 Å². The molecular formula is C16H17ClFNOS. The van der Waals surface area contributed by atoms with Gasteiger partial charge in [-0.05, 0) is 37.6 Å². The number of hydrogen-bond donors (Lipinski definition) is 1. The van der Waals surface area contributed by atoms with Crippen LogP contribution in [0, 0.1) is 5.82 Å². The molecule has 2 aromatic carbocycles. The SMILES string of the molecule is CC(C)Oc1cc(SCc2ccc(Cl)cc2)c(N)cc1F. The molecule has 0 aliphatic heterocycles. The fourth-order valence-corrected chi connectivity index (χ4v) is 2.82. The lowest BCUT2D eigenvalue weighted by atomic mass is 10.2. The lowest BCUT2D eigenvalue weighted by molar-refractivity contribution is 0.230. The molecule has 0 heterocycles. The number of halogens is 2. The topological polar surface area (TPSA) is 35.2 Å². The molecule has 0 spiro atoms. The van der Waals surface area contributed by atoms with Gasteiger partial charge in [0, 0.05) is 27.4 Å². The van der Waals surface area contributed by atoms with E-state index in [4.69, 9.17) is 22.1 Å². The summed E-state index contributed by atoms with van der Waals surface area (Å²) in [7, 11) is 0. The highest BCUT2D eigenvalue weighted by Crippen LogP contribution is 2.34. The van der Waals surface area contributed by atoms with Crippen LogP contribution < -0.4 is 10.5 Å². The van der Waals surface area contributed by atoms with Gasteiger partial charge in [-0.25, -0.2) is 4.39 Å². The third-order valence-electron chi connectivity index (χ3n) is 2.73. The van der Waals surface area contributed by atoms with Gasteiger partial charge >= 0.3 is 0 Å². The van der Waals surface area contributed by atoms with Crippen molar-refractivity contribution in [3.8, 4) is 5.75 Å². The molecule has 112 valence electrons. The lowest BCUT2D eigenvalue weighted by Crippen LogP contribution is -2.07. The van der Waals surface area contributed by atoms with Gasteiger partial charge in [-0.15, -0.1) is 11.8 Å². The fraction of sp³-hybridized carbons (Fsp3) is 0.250. The first-order chi connectivity index (χ1) is 9.95. The number of hydrogen-bond acceptors (Lipinski definition) is 3. The van der Waals surface area contributed by atoms with E-state index in [0.717, 1.165) is 16.2 Å². The quantitative estimate of drug-likeness (QED) is 0.610. The van der Waals surface area contributed by atoms with Gasteiger partial charge < -0.3 is 10.5 Å². The van der Waals surface area contributed by atoms with E-state index in [9.17, 15) is 4.39 Å². The van der Waals surface area contributed by atoms with Crippen molar-refractivity contribution in [2.75, 3.05) is 5.73 Å². The number of nitrogens with two attached hydrogens (primary N) is 1. The van der Waals surface area contributed by atoms with Crippen molar-refractivity contribution in [2.45, 2.75) is 30.6 Å². The maximum absolute atomic E-state index is 13.8. The Kier molecular flexibility index (Phi) is 5.37. The molecule has 0 bridgehead atoms. The summed E-state index contributed by atoms with van der Waals surface area (Å²) in [4.78, 5) is 0.807. The third kappa shape index (κ3) is 4.55. The van der Waals surface area contributed by atoms with Gasteiger partial charge in [-0.2, -0.15) is 0 Å². The number of anilines is 1. The molecule has 0 radical (unpaired) electrons. The minimum absolute atomic E-state index is 0.0859. The van der Waals surface area contributed by atoms with Gasteiger partial charge in [-0.1, -0.05) is 23.7 Å². The predicted molar refractivity (Wildman–Crippen MR) is 87.6 cm³/mol. The molecule has 0 fully saturated rings. The molecule has 0 saturated heterocycles. The first-order valence-electron chi connectivity index (χ1n) is 6.58. The van der Waals surface area contributed by atoms with Crippen LogP contribution in [0.25, 0.3) is 0 Å². The molecule has 2 rings (SSSR count). The molecule has 2 aromatic rings. The second kappa shape index (κ2) is 7.05. The van der Waals surface area contributed by atoms with Crippen LogP contribution >= 0.6 is 23.4 Å². The van der Waals surface area contributed by atoms with Crippen LogP contribution in [0.3, 0.4) is 0 Å². The zero-order valence-electron chi connectivity index (χ0n) is 11.9. The Hall–Kier alpha value is -1.39. The maximum Gasteiger partial charge on any atom is 0.167 e. The Balaban J connectivity index is 2.13. The average Bonchev–Trinajstić information content (AvgIpc) is 2.42. The summed E-state index contributed by atoms with van der Waals surface area (Å²) in [6.45, 7) is 3.71. The van der Waals surface area contributed by atoms with E-state index in [1.165, 1.54) is 6.07 Å². The first kappa shape index (κ1) is 16.0. The van der Waals surface area contributed by atoms with Crippen LogP contribution in [0.15, 0.2) is 41.3 Å². The lowest BCUT2D eigenvalue weighted by Gasteiger charge is -2.13. The van der Waals surface area contributed by atoms with Crippen molar-refractivity contribution >= 4 is 29.1 Å². The molecule has 0 atom stereocenters. The van der Waals surface area contributed by atoms with Crippen molar-refractivity contribution in [2.24, 2.45) is 0 Å². The maximum atomic E-state index is 13.8. The second-order valence-electron chi connectivity index (χ2n) is 4.90. The highest BCUT2D eigenvalue weighted by molar-refractivity contribution is 7.98. The largest absolute Gasteiger partial charge is 0.488 e. The summed E-state index contributed by atoms with van der Waals surface area (Å²) in [6, 6.07) is 10.6. The normalized spacial score (nSPS) is 10.9. The molecule has 0 unspecified atom stereocenters. The summed E-state index contributed by atoms with van der Waals surface area (Å²) in [5, 5.41) is 0.706. The van der Waals surface area contributed by atoms with Crippen molar-refractivity contribution in [3.05, 3.63) is 52.8 Å². The van der Waals surface area contributed by atoms with Crippen LogP contribution in [-0.4, -0.2) is 6.10 Å². The standard InChI is InChI=1S/C16H17ClFNOS/c1-10(2)20-15-8-16(14(19)7-13(15)18)21-9-11-3-5-12(17)6-4-11/h3-8,10H,9,19H2,1-2H3. The fourth-order valence-electron chi connectivity index (χ4n) is 1.76. The first-order valence-corrected chi connectivity index (χ1v) is 7.95. The summed E-state index contributed by atoms with van der Waals surface area (Å²) < 4.78 is 19.2. The zero-order valence-corrected chi connectivity index (χ0v) is 13.5. The molecular weight excluding hydrogens is 309 g/mol. The van der Waals surface area contributed by atoms with Crippen molar-refractivity contribution < 1.29 is 9.13 Å². The van der Waals surface area contributed by atoms with Crippen LogP contribution in [0.5, 0.6) is 5.75 Å². The molecule has 0 saturated carbocycles. The van der Waals surface area contributed by atoms with Gasteiger partial charge in [0.05, 0.1) is 6.10 Å². The minimum atomic E-state index is -0.433. The van der Waals surface area contributed by atoms with E-state index >= 15 is 0 Å². The number of ether oxygens (including phenoxy) is 1. The van der Waals surface area contributed by atoms with E-state index in [2.05, 4.69) is 0 Å². The summed E-state index contributed by atoms with van der Waals surface area (Å²) in [5.74, 6) is 0.531. The molecule has 2 N–H and O–H groups in total.